The number of carbonyl (C=O) groups is 2. The van der Waals surface area contributed by atoms with Crippen LogP contribution >= 0.6 is 0 Å². The van der Waals surface area contributed by atoms with E-state index in [2.05, 4.69) is 6.92 Å². The molecule has 0 bridgehead atoms. The number of ether oxygens (including phenoxy) is 2. The van der Waals surface area contributed by atoms with Crippen molar-refractivity contribution < 1.29 is 19.1 Å². The Hall–Kier alpha value is -3.13. The molecule has 0 aliphatic heterocycles. The van der Waals surface area contributed by atoms with Gasteiger partial charge in [0.05, 0.1) is 29.4 Å². The lowest BCUT2D eigenvalue weighted by Gasteiger charge is -2.09. The Kier molecular flexibility index (Phi) is 11.6. The number of esters is 1. The van der Waals surface area contributed by atoms with Gasteiger partial charge < -0.3 is 9.47 Å². The summed E-state index contributed by atoms with van der Waals surface area (Å²) in [5.41, 5.74) is 0.849. The predicted octanol–water partition coefficient (Wildman–Crippen LogP) is 6.89. The van der Waals surface area contributed by atoms with Crippen LogP contribution in [0.3, 0.4) is 0 Å². The summed E-state index contributed by atoms with van der Waals surface area (Å²) in [6.07, 6.45) is 13.4. The van der Waals surface area contributed by atoms with Crippen molar-refractivity contribution in [3.8, 4) is 17.6 Å². The summed E-state index contributed by atoms with van der Waals surface area (Å²) in [7, 11) is 0. The second-order valence-electron chi connectivity index (χ2n) is 7.93. The number of rotatable bonds is 15. The van der Waals surface area contributed by atoms with Crippen LogP contribution in [0.15, 0.2) is 42.5 Å². The first-order chi connectivity index (χ1) is 15.7. The Balaban J connectivity index is 1.67. The van der Waals surface area contributed by atoms with Crippen LogP contribution in [0.4, 0.5) is 0 Å². The molecule has 0 unspecified atom stereocenters. The van der Waals surface area contributed by atoms with Crippen LogP contribution in [0.1, 0.15) is 97.4 Å². The van der Waals surface area contributed by atoms with Gasteiger partial charge in [-0.1, -0.05) is 64.7 Å². The summed E-state index contributed by atoms with van der Waals surface area (Å²) in [5, 5.41) is 8.91. The van der Waals surface area contributed by atoms with Gasteiger partial charge in [-0.25, -0.2) is 4.79 Å². The third-order valence-corrected chi connectivity index (χ3v) is 5.33. The molecule has 2 aromatic rings. The Morgan fingerprint density at radius 1 is 0.906 bits per heavy atom. The molecule has 0 amide bonds. The third-order valence-electron chi connectivity index (χ3n) is 5.33. The van der Waals surface area contributed by atoms with Gasteiger partial charge >= 0.3 is 5.97 Å². The molecule has 0 N–H and O–H groups in total. The van der Waals surface area contributed by atoms with E-state index in [9.17, 15) is 9.59 Å². The van der Waals surface area contributed by atoms with Crippen molar-refractivity contribution in [3.05, 3.63) is 59.2 Å². The van der Waals surface area contributed by atoms with Crippen molar-refractivity contribution >= 4 is 12.3 Å². The second-order valence-corrected chi connectivity index (χ2v) is 7.93. The summed E-state index contributed by atoms with van der Waals surface area (Å²) in [6, 6.07) is 13.0. The van der Waals surface area contributed by atoms with Crippen LogP contribution in [0.5, 0.6) is 11.5 Å². The fraction of sp³-hybridized carbons (Fsp3) is 0.444. The lowest BCUT2D eigenvalue weighted by molar-refractivity contribution is 0.0733. The molecule has 0 saturated heterocycles. The quantitative estimate of drug-likeness (QED) is 0.132. The van der Waals surface area contributed by atoms with Crippen LogP contribution in [-0.4, -0.2) is 18.9 Å². The van der Waals surface area contributed by atoms with Gasteiger partial charge in [0.25, 0.3) is 0 Å². The maximum absolute atomic E-state index is 12.4. The number of nitriles is 1. The summed E-state index contributed by atoms with van der Waals surface area (Å²) in [5.74, 6) is 0.272. The van der Waals surface area contributed by atoms with Gasteiger partial charge in [0.2, 0.25) is 0 Å². The molecule has 0 aliphatic rings. The molecule has 0 fully saturated rings. The van der Waals surface area contributed by atoms with Gasteiger partial charge in [-0.05, 0) is 48.9 Å². The minimum atomic E-state index is -0.570. The van der Waals surface area contributed by atoms with Crippen LogP contribution in [0.2, 0.25) is 0 Å². The van der Waals surface area contributed by atoms with Crippen molar-refractivity contribution in [1.82, 2.24) is 0 Å². The van der Waals surface area contributed by atoms with Crippen molar-refractivity contribution in [1.29, 1.82) is 5.26 Å². The fourth-order valence-corrected chi connectivity index (χ4v) is 3.43. The maximum Gasteiger partial charge on any atom is 0.343 e. The SMILES string of the molecule is CCCCCCCCCCCCOc1ccc(C(=O)Oc2ccc(C#N)cc2C=O)cc1. The highest BCUT2D eigenvalue weighted by Crippen LogP contribution is 2.21. The molecular weight excluding hydrogens is 402 g/mol. The predicted molar refractivity (Wildman–Crippen MR) is 125 cm³/mol. The molecule has 170 valence electrons. The van der Waals surface area contributed by atoms with E-state index in [-0.39, 0.29) is 11.3 Å². The molecule has 0 aromatic heterocycles. The van der Waals surface area contributed by atoms with E-state index < -0.39 is 5.97 Å². The molecule has 0 heterocycles. The number of nitrogens with zero attached hydrogens (tertiary/aromatic N) is 1. The first-order valence-corrected chi connectivity index (χ1v) is 11.6. The summed E-state index contributed by atoms with van der Waals surface area (Å²) in [4.78, 5) is 23.6. The molecule has 2 rings (SSSR count). The first kappa shape index (κ1) is 25.1. The molecule has 0 aliphatic carbocycles. The van der Waals surface area contributed by atoms with Crippen LogP contribution in [-0.2, 0) is 0 Å². The highest BCUT2D eigenvalue weighted by Gasteiger charge is 2.12. The van der Waals surface area contributed by atoms with Gasteiger partial charge in [0, 0.05) is 0 Å². The number of unbranched alkanes of at least 4 members (excludes halogenated alkanes) is 9. The van der Waals surface area contributed by atoms with Crippen LogP contribution in [0.25, 0.3) is 0 Å². The van der Waals surface area contributed by atoms with Crippen molar-refractivity contribution in [2.75, 3.05) is 6.61 Å². The lowest BCUT2D eigenvalue weighted by atomic mass is 10.1. The molecule has 0 saturated carbocycles. The zero-order chi connectivity index (χ0) is 23.0. The van der Waals surface area contributed by atoms with Crippen molar-refractivity contribution in [3.63, 3.8) is 0 Å². The molecule has 0 spiro atoms. The van der Waals surface area contributed by atoms with Crippen molar-refractivity contribution in [2.45, 2.75) is 71.1 Å². The topological polar surface area (TPSA) is 76.4 Å². The lowest BCUT2D eigenvalue weighted by Crippen LogP contribution is -2.10. The maximum atomic E-state index is 12.4. The summed E-state index contributed by atoms with van der Waals surface area (Å²) < 4.78 is 11.1. The van der Waals surface area contributed by atoms with Gasteiger partial charge in [0.15, 0.2) is 6.29 Å². The number of benzene rings is 2. The molecule has 5 heteroatoms. The minimum Gasteiger partial charge on any atom is -0.494 e. The van der Waals surface area contributed by atoms with E-state index in [1.165, 1.54) is 76.0 Å². The molecular formula is C27H33NO4. The molecule has 5 nitrogen and oxygen atoms in total. The summed E-state index contributed by atoms with van der Waals surface area (Å²) in [6.45, 7) is 2.91. The van der Waals surface area contributed by atoms with Gasteiger partial charge in [-0.3, -0.25) is 4.79 Å². The fourth-order valence-electron chi connectivity index (χ4n) is 3.43. The average molecular weight is 436 g/mol. The molecule has 32 heavy (non-hydrogen) atoms. The Morgan fingerprint density at radius 2 is 1.53 bits per heavy atom. The third kappa shape index (κ3) is 8.93. The highest BCUT2D eigenvalue weighted by molar-refractivity contribution is 5.92. The average Bonchev–Trinajstić information content (AvgIpc) is 2.83. The number of hydrogen-bond donors (Lipinski definition) is 0. The van der Waals surface area contributed by atoms with Crippen LogP contribution in [0, 0.1) is 11.3 Å². The van der Waals surface area contributed by atoms with E-state index in [1.807, 2.05) is 6.07 Å². The Bertz CT molecular complexity index is 884. The Morgan fingerprint density at radius 3 is 2.12 bits per heavy atom. The Labute approximate surface area is 191 Å². The van der Waals surface area contributed by atoms with Gasteiger partial charge in [-0.2, -0.15) is 5.26 Å². The first-order valence-electron chi connectivity index (χ1n) is 11.6. The van der Waals surface area contributed by atoms with E-state index >= 15 is 0 Å². The number of carbonyl (C=O) groups excluding carboxylic acids is 2. The normalized spacial score (nSPS) is 10.4. The van der Waals surface area contributed by atoms with E-state index in [0.717, 1.165) is 6.42 Å². The van der Waals surface area contributed by atoms with E-state index in [0.29, 0.717) is 29.8 Å². The van der Waals surface area contributed by atoms with Crippen LogP contribution < -0.4 is 9.47 Å². The van der Waals surface area contributed by atoms with E-state index in [4.69, 9.17) is 14.7 Å². The molecule has 2 aromatic carbocycles. The number of hydrogen-bond acceptors (Lipinski definition) is 5. The van der Waals surface area contributed by atoms with Gasteiger partial charge in [-0.15, -0.1) is 0 Å². The monoisotopic (exact) mass is 435 g/mol. The minimum absolute atomic E-state index is 0.130. The van der Waals surface area contributed by atoms with E-state index in [1.54, 1.807) is 24.3 Å². The summed E-state index contributed by atoms with van der Waals surface area (Å²) >= 11 is 0. The second kappa shape index (κ2) is 14.8. The smallest absolute Gasteiger partial charge is 0.343 e. The standard InChI is InChI=1S/C27H33NO4/c1-2-3-4-5-6-7-8-9-10-11-18-31-25-15-13-23(14-16-25)27(30)32-26-17-12-22(20-28)19-24(26)21-29/h12-17,19,21H,2-11,18H2,1H3. The zero-order valence-electron chi connectivity index (χ0n) is 19.0. The van der Waals surface area contributed by atoms with Crippen molar-refractivity contribution in [2.24, 2.45) is 0 Å². The van der Waals surface area contributed by atoms with Gasteiger partial charge in [0.1, 0.15) is 11.5 Å². The molecule has 0 radical (unpaired) electrons. The highest BCUT2D eigenvalue weighted by atomic mass is 16.5. The molecule has 0 atom stereocenters. The number of aldehydes is 1. The largest absolute Gasteiger partial charge is 0.494 e. The zero-order valence-corrected chi connectivity index (χ0v) is 19.0.